The maximum atomic E-state index is 13.6. The maximum Gasteiger partial charge on any atom is 0.269 e. The molecular formula is C28H25N3O3S. The van der Waals surface area contributed by atoms with Crippen molar-refractivity contribution in [2.24, 2.45) is 0 Å². The Bertz CT molecular complexity index is 1310. The van der Waals surface area contributed by atoms with Gasteiger partial charge in [-0.05, 0) is 61.2 Å². The molecule has 1 atom stereocenters. The van der Waals surface area contributed by atoms with Crippen LogP contribution in [0.4, 0.5) is 11.4 Å². The summed E-state index contributed by atoms with van der Waals surface area (Å²) in [5, 5.41) is 12.8. The number of para-hydroxylation sites is 2. The number of nitrogens with one attached hydrogen (secondary N) is 1. The Labute approximate surface area is 209 Å². The van der Waals surface area contributed by atoms with Crippen LogP contribution in [-0.2, 0) is 16.0 Å². The standard InChI is InChI=1S/C28H25N3O3S/c1-18-8-7-9-19(2)25(18)30-26(32)23(17-29)28-31(21-10-5-4-6-11-21)27(33)24(35-28)16-20-12-14-22(34-3)15-13-20/h4-15,24H,16H2,1-3H3,(H,30,32)/b28-23-/t24-/m0/s1. The van der Waals surface area contributed by atoms with E-state index in [4.69, 9.17) is 4.74 Å². The predicted octanol–water partition coefficient (Wildman–Crippen LogP) is 5.38. The molecule has 0 spiro atoms. The van der Waals surface area contributed by atoms with E-state index in [1.807, 2.05) is 74.5 Å². The molecule has 2 amide bonds. The lowest BCUT2D eigenvalue weighted by Crippen LogP contribution is -2.31. The molecule has 1 heterocycles. The van der Waals surface area contributed by atoms with E-state index < -0.39 is 11.2 Å². The molecule has 0 bridgehead atoms. The van der Waals surface area contributed by atoms with E-state index in [9.17, 15) is 14.9 Å². The largest absolute Gasteiger partial charge is 0.497 e. The summed E-state index contributed by atoms with van der Waals surface area (Å²) in [5.41, 5.74) is 3.95. The van der Waals surface area contributed by atoms with Crippen molar-refractivity contribution in [3.63, 3.8) is 0 Å². The fourth-order valence-electron chi connectivity index (χ4n) is 3.96. The van der Waals surface area contributed by atoms with Crippen LogP contribution in [0.25, 0.3) is 0 Å². The molecule has 3 aromatic rings. The summed E-state index contributed by atoms with van der Waals surface area (Å²) in [4.78, 5) is 28.3. The minimum atomic E-state index is -0.536. The lowest BCUT2D eigenvalue weighted by molar-refractivity contribution is -0.117. The Balaban J connectivity index is 1.71. The topological polar surface area (TPSA) is 82.4 Å². The Morgan fingerprint density at radius 2 is 1.69 bits per heavy atom. The van der Waals surface area contributed by atoms with Gasteiger partial charge in [-0.3, -0.25) is 14.5 Å². The Kier molecular flexibility index (Phi) is 7.23. The number of anilines is 2. The van der Waals surface area contributed by atoms with Gasteiger partial charge >= 0.3 is 0 Å². The molecule has 0 unspecified atom stereocenters. The molecule has 3 aromatic carbocycles. The third-order valence-corrected chi connectivity index (χ3v) is 7.08. The number of nitriles is 1. The number of methoxy groups -OCH3 is 1. The quantitative estimate of drug-likeness (QED) is 0.376. The molecule has 1 saturated heterocycles. The van der Waals surface area contributed by atoms with Crippen molar-refractivity contribution < 1.29 is 14.3 Å². The number of rotatable bonds is 6. The first-order valence-corrected chi connectivity index (χ1v) is 12.0. The van der Waals surface area contributed by atoms with Gasteiger partial charge in [0, 0.05) is 11.4 Å². The van der Waals surface area contributed by atoms with Crippen LogP contribution < -0.4 is 15.0 Å². The van der Waals surface area contributed by atoms with E-state index in [1.54, 1.807) is 19.2 Å². The molecule has 1 N–H and O–H groups in total. The number of amides is 2. The normalized spacial score (nSPS) is 16.6. The second-order valence-corrected chi connectivity index (χ2v) is 9.37. The molecule has 0 saturated carbocycles. The Morgan fingerprint density at radius 1 is 1.03 bits per heavy atom. The van der Waals surface area contributed by atoms with Gasteiger partial charge in [-0.2, -0.15) is 5.26 Å². The van der Waals surface area contributed by atoms with Gasteiger partial charge in [0.15, 0.2) is 0 Å². The van der Waals surface area contributed by atoms with Gasteiger partial charge in [0.1, 0.15) is 22.4 Å². The summed E-state index contributed by atoms with van der Waals surface area (Å²) in [6, 6.07) is 24.4. The summed E-state index contributed by atoms with van der Waals surface area (Å²) in [7, 11) is 1.60. The number of nitrogens with zero attached hydrogens (tertiary/aromatic N) is 2. The van der Waals surface area contributed by atoms with Gasteiger partial charge in [0.25, 0.3) is 5.91 Å². The monoisotopic (exact) mass is 483 g/mol. The van der Waals surface area contributed by atoms with Crippen molar-refractivity contribution in [1.29, 1.82) is 5.26 Å². The van der Waals surface area contributed by atoms with Gasteiger partial charge < -0.3 is 10.1 Å². The van der Waals surface area contributed by atoms with E-state index in [2.05, 4.69) is 11.4 Å². The summed E-state index contributed by atoms with van der Waals surface area (Å²) in [5.74, 6) is 0.0338. The number of thioether (sulfide) groups is 1. The van der Waals surface area contributed by atoms with Crippen LogP contribution in [-0.4, -0.2) is 24.2 Å². The highest BCUT2D eigenvalue weighted by molar-refractivity contribution is 8.05. The first-order chi connectivity index (χ1) is 16.9. The second kappa shape index (κ2) is 10.5. The van der Waals surface area contributed by atoms with Crippen molar-refractivity contribution in [2.45, 2.75) is 25.5 Å². The summed E-state index contributed by atoms with van der Waals surface area (Å²) in [6.45, 7) is 3.80. The summed E-state index contributed by atoms with van der Waals surface area (Å²) in [6.07, 6.45) is 0.456. The van der Waals surface area contributed by atoms with Crippen molar-refractivity contribution >= 4 is 35.0 Å². The fourth-order valence-corrected chi connectivity index (χ4v) is 5.27. The van der Waals surface area contributed by atoms with E-state index in [1.165, 1.54) is 16.7 Å². The smallest absolute Gasteiger partial charge is 0.269 e. The van der Waals surface area contributed by atoms with E-state index >= 15 is 0 Å². The van der Waals surface area contributed by atoms with Gasteiger partial charge in [0.05, 0.1) is 12.4 Å². The minimum absolute atomic E-state index is 0.0907. The molecule has 0 aromatic heterocycles. The summed E-state index contributed by atoms with van der Waals surface area (Å²) >= 11 is 1.25. The zero-order valence-corrected chi connectivity index (χ0v) is 20.6. The molecule has 0 radical (unpaired) electrons. The molecular weight excluding hydrogens is 458 g/mol. The first-order valence-electron chi connectivity index (χ1n) is 11.1. The molecule has 1 aliphatic heterocycles. The van der Waals surface area contributed by atoms with Crippen molar-refractivity contribution in [2.75, 3.05) is 17.3 Å². The molecule has 7 heteroatoms. The van der Waals surface area contributed by atoms with Gasteiger partial charge in [-0.25, -0.2) is 0 Å². The van der Waals surface area contributed by atoms with Crippen molar-refractivity contribution in [3.05, 3.63) is 100 Å². The number of benzene rings is 3. The lowest BCUT2D eigenvalue weighted by Gasteiger charge is -2.19. The number of carbonyl (C=O) groups excluding carboxylic acids is 2. The Hall–Kier alpha value is -4.02. The van der Waals surface area contributed by atoms with Crippen LogP contribution in [0.1, 0.15) is 16.7 Å². The molecule has 35 heavy (non-hydrogen) atoms. The lowest BCUT2D eigenvalue weighted by atomic mass is 10.1. The van der Waals surface area contributed by atoms with Crippen LogP contribution >= 0.6 is 11.8 Å². The number of carbonyl (C=O) groups is 2. The van der Waals surface area contributed by atoms with Gasteiger partial charge in [-0.15, -0.1) is 0 Å². The molecule has 1 aliphatic rings. The average Bonchev–Trinajstić information content (AvgIpc) is 3.18. The average molecular weight is 484 g/mol. The zero-order valence-electron chi connectivity index (χ0n) is 19.7. The van der Waals surface area contributed by atoms with Crippen LogP contribution in [0, 0.1) is 25.2 Å². The Morgan fingerprint density at radius 3 is 2.29 bits per heavy atom. The van der Waals surface area contributed by atoms with E-state index in [0.717, 1.165) is 22.4 Å². The summed E-state index contributed by atoms with van der Waals surface area (Å²) < 4.78 is 5.22. The van der Waals surface area contributed by atoms with Gasteiger partial charge in [0.2, 0.25) is 5.91 Å². The highest BCUT2D eigenvalue weighted by Gasteiger charge is 2.40. The molecule has 4 rings (SSSR count). The molecule has 176 valence electrons. The number of ether oxygens (including phenoxy) is 1. The van der Waals surface area contributed by atoms with Gasteiger partial charge in [-0.1, -0.05) is 60.3 Å². The van der Waals surface area contributed by atoms with Crippen LogP contribution in [0.5, 0.6) is 5.75 Å². The van der Waals surface area contributed by atoms with Crippen LogP contribution in [0.15, 0.2) is 83.4 Å². The van der Waals surface area contributed by atoms with Crippen molar-refractivity contribution in [3.8, 4) is 11.8 Å². The fraction of sp³-hybridized carbons (Fsp3) is 0.179. The van der Waals surface area contributed by atoms with Crippen molar-refractivity contribution in [1.82, 2.24) is 0 Å². The van der Waals surface area contributed by atoms with Crippen LogP contribution in [0.2, 0.25) is 0 Å². The molecule has 6 nitrogen and oxygen atoms in total. The van der Waals surface area contributed by atoms with E-state index in [-0.39, 0.29) is 11.5 Å². The van der Waals surface area contributed by atoms with Crippen LogP contribution in [0.3, 0.4) is 0 Å². The highest BCUT2D eigenvalue weighted by Crippen LogP contribution is 2.42. The SMILES string of the molecule is COc1ccc(C[C@@H]2S/C(=C(/C#N)C(=O)Nc3c(C)cccc3C)N(c3ccccc3)C2=O)cc1. The number of hydrogen-bond acceptors (Lipinski definition) is 5. The predicted molar refractivity (Wildman–Crippen MR) is 139 cm³/mol. The first kappa shape index (κ1) is 24.1. The third kappa shape index (κ3) is 5.08. The zero-order chi connectivity index (χ0) is 24.9. The van der Waals surface area contributed by atoms with E-state index in [0.29, 0.717) is 22.8 Å². The third-order valence-electron chi connectivity index (χ3n) is 5.82. The molecule has 1 fully saturated rings. The second-order valence-electron chi connectivity index (χ2n) is 8.18. The number of aryl methyl sites for hydroxylation is 2. The maximum absolute atomic E-state index is 13.6. The minimum Gasteiger partial charge on any atom is -0.497 e. The highest BCUT2D eigenvalue weighted by atomic mass is 32.2. The molecule has 0 aliphatic carbocycles. The number of hydrogen-bond donors (Lipinski definition) is 1.